The fourth-order valence-corrected chi connectivity index (χ4v) is 2.14. The minimum Gasteiger partial charge on any atom is -0.378 e. The standard InChI is InChI=1S/C11H21N3O2/c12-4-3-11(1-2-11)9-13-10(15)14-5-7-16-8-6-14/h1-9,12H2,(H,13,15). The zero-order valence-electron chi connectivity index (χ0n) is 9.71. The maximum absolute atomic E-state index is 11.8. The fraction of sp³-hybridized carbons (Fsp3) is 0.909. The molecule has 0 atom stereocenters. The molecule has 0 aromatic heterocycles. The van der Waals surface area contributed by atoms with Gasteiger partial charge in [-0.15, -0.1) is 0 Å². The van der Waals surface area contributed by atoms with Crippen molar-refractivity contribution in [1.82, 2.24) is 10.2 Å². The Morgan fingerprint density at radius 2 is 2.06 bits per heavy atom. The third kappa shape index (κ3) is 2.86. The number of ether oxygens (including phenoxy) is 1. The van der Waals surface area contributed by atoms with Crippen LogP contribution in [-0.4, -0.2) is 50.3 Å². The average Bonchev–Trinajstić information content (AvgIpc) is 3.08. The molecule has 0 spiro atoms. The lowest BCUT2D eigenvalue weighted by molar-refractivity contribution is 0.0529. The molecular weight excluding hydrogens is 206 g/mol. The average molecular weight is 227 g/mol. The predicted octanol–water partition coefficient (Wildman–Crippen LogP) is 0.157. The summed E-state index contributed by atoms with van der Waals surface area (Å²) in [6, 6.07) is 0.0478. The van der Waals surface area contributed by atoms with E-state index in [1.165, 1.54) is 12.8 Å². The first-order chi connectivity index (χ1) is 7.76. The van der Waals surface area contributed by atoms with Crippen LogP contribution in [0.2, 0.25) is 0 Å². The Kier molecular flexibility index (Phi) is 3.66. The summed E-state index contributed by atoms with van der Waals surface area (Å²) in [5.41, 5.74) is 5.88. The highest BCUT2D eigenvalue weighted by molar-refractivity contribution is 5.74. The maximum atomic E-state index is 11.8. The number of nitrogens with zero attached hydrogens (tertiary/aromatic N) is 1. The van der Waals surface area contributed by atoms with Gasteiger partial charge in [-0.25, -0.2) is 4.79 Å². The molecule has 0 radical (unpaired) electrons. The number of nitrogens with one attached hydrogen (secondary N) is 1. The SMILES string of the molecule is NCCC1(CNC(=O)N2CCOCC2)CC1. The Morgan fingerprint density at radius 3 is 2.62 bits per heavy atom. The van der Waals surface area contributed by atoms with Crippen LogP contribution in [0.25, 0.3) is 0 Å². The van der Waals surface area contributed by atoms with Crippen LogP contribution in [0.1, 0.15) is 19.3 Å². The Morgan fingerprint density at radius 1 is 1.38 bits per heavy atom. The summed E-state index contributed by atoms with van der Waals surface area (Å²) in [6.07, 6.45) is 3.43. The lowest BCUT2D eigenvalue weighted by Crippen LogP contribution is -2.47. The normalized spacial score (nSPS) is 22.9. The van der Waals surface area contributed by atoms with Crippen LogP contribution < -0.4 is 11.1 Å². The molecular formula is C11H21N3O2. The van der Waals surface area contributed by atoms with E-state index in [-0.39, 0.29) is 6.03 Å². The van der Waals surface area contributed by atoms with Gasteiger partial charge in [-0.05, 0) is 31.2 Å². The fourth-order valence-electron chi connectivity index (χ4n) is 2.14. The van der Waals surface area contributed by atoms with Crippen LogP contribution in [0.5, 0.6) is 0 Å². The molecule has 1 aliphatic carbocycles. The highest BCUT2D eigenvalue weighted by atomic mass is 16.5. The first-order valence-electron chi connectivity index (χ1n) is 6.06. The molecule has 1 heterocycles. The number of rotatable bonds is 4. The van der Waals surface area contributed by atoms with E-state index in [1.54, 1.807) is 0 Å². The van der Waals surface area contributed by atoms with Crippen LogP contribution in [0, 0.1) is 5.41 Å². The quantitative estimate of drug-likeness (QED) is 0.719. The van der Waals surface area contributed by atoms with Gasteiger partial charge in [0.05, 0.1) is 13.2 Å². The summed E-state index contributed by atoms with van der Waals surface area (Å²) in [4.78, 5) is 13.6. The van der Waals surface area contributed by atoms with Crippen LogP contribution in [-0.2, 0) is 4.74 Å². The highest BCUT2D eigenvalue weighted by Crippen LogP contribution is 2.47. The maximum Gasteiger partial charge on any atom is 0.317 e. The van der Waals surface area contributed by atoms with Gasteiger partial charge in [0.2, 0.25) is 0 Å². The predicted molar refractivity (Wildman–Crippen MR) is 61.1 cm³/mol. The molecule has 0 aromatic carbocycles. The van der Waals surface area contributed by atoms with E-state index in [0.717, 1.165) is 13.0 Å². The van der Waals surface area contributed by atoms with Crippen molar-refractivity contribution in [3.63, 3.8) is 0 Å². The molecule has 0 unspecified atom stereocenters. The lowest BCUT2D eigenvalue weighted by atomic mass is 10.0. The summed E-state index contributed by atoms with van der Waals surface area (Å²) >= 11 is 0. The van der Waals surface area contributed by atoms with Crippen molar-refractivity contribution >= 4 is 6.03 Å². The Hall–Kier alpha value is -0.810. The van der Waals surface area contributed by atoms with Gasteiger partial charge in [-0.3, -0.25) is 0 Å². The van der Waals surface area contributed by atoms with Gasteiger partial charge in [0.15, 0.2) is 0 Å². The number of urea groups is 1. The van der Waals surface area contributed by atoms with Crippen molar-refractivity contribution in [2.24, 2.45) is 11.1 Å². The highest BCUT2D eigenvalue weighted by Gasteiger charge is 2.41. The zero-order chi connectivity index (χ0) is 11.4. The summed E-state index contributed by atoms with van der Waals surface area (Å²) in [7, 11) is 0. The second kappa shape index (κ2) is 5.01. The van der Waals surface area contributed by atoms with Gasteiger partial charge in [-0.1, -0.05) is 0 Å². The van der Waals surface area contributed by atoms with Gasteiger partial charge in [0, 0.05) is 19.6 Å². The largest absolute Gasteiger partial charge is 0.378 e. The van der Waals surface area contributed by atoms with Gasteiger partial charge in [-0.2, -0.15) is 0 Å². The summed E-state index contributed by atoms with van der Waals surface area (Å²) in [6.45, 7) is 4.21. The molecule has 3 N–H and O–H groups in total. The van der Waals surface area contributed by atoms with Crippen LogP contribution in [0.3, 0.4) is 0 Å². The summed E-state index contributed by atoms with van der Waals surface area (Å²) in [5, 5.41) is 3.02. The minimum atomic E-state index is 0.0478. The number of morpholine rings is 1. The molecule has 16 heavy (non-hydrogen) atoms. The summed E-state index contributed by atoms with van der Waals surface area (Å²) in [5.74, 6) is 0. The number of nitrogens with two attached hydrogens (primary N) is 1. The van der Waals surface area contributed by atoms with E-state index >= 15 is 0 Å². The van der Waals surface area contributed by atoms with Crippen molar-refractivity contribution in [2.45, 2.75) is 19.3 Å². The number of amides is 2. The van der Waals surface area contributed by atoms with Gasteiger partial charge >= 0.3 is 6.03 Å². The van der Waals surface area contributed by atoms with Crippen LogP contribution in [0.15, 0.2) is 0 Å². The minimum absolute atomic E-state index is 0.0478. The van der Waals surface area contributed by atoms with Crippen molar-refractivity contribution in [2.75, 3.05) is 39.4 Å². The van der Waals surface area contributed by atoms with E-state index in [2.05, 4.69) is 5.32 Å². The molecule has 2 rings (SSSR count). The molecule has 1 saturated heterocycles. The van der Waals surface area contributed by atoms with Crippen LogP contribution >= 0.6 is 0 Å². The topological polar surface area (TPSA) is 67.6 Å². The summed E-state index contributed by atoms with van der Waals surface area (Å²) < 4.78 is 5.21. The van der Waals surface area contributed by atoms with E-state index < -0.39 is 0 Å². The molecule has 1 aliphatic heterocycles. The first kappa shape index (κ1) is 11.7. The van der Waals surface area contributed by atoms with E-state index in [4.69, 9.17) is 10.5 Å². The molecule has 92 valence electrons. The zero-order valence-corrected chi connectivity index (χ0v) is 9.71. The molecule has 2 fully saturated rings. The molecule has 5 nitrogen and oxygen atoms in total. The monoisotopic (exact) mass is 227 g/mol. The number of carbonyl (C=O) groups excluding carboxylic acids is 1. The Bertz CT molecular complexity index is 248. The third-order valence-electron chi connectivity index (χ3n) is 3.54. The molecule has 2 amide bonds. The smallest absolute Gasteiger partial charge is 0.317 e. The van der Waals surface area contributed by atoms with E-state index in [9.17, 15) is 4.79 Å². The molecule has 5 heteroatoms. The molecule has 2 aliphatic rings. The molecule has 1 saturated carbocycles. The number of carbonyl (C=O) groups is 1. The van der Waals surface area contributed by atoms with Crippen molar-refractivity contribution in [3.05, 3.63) is 0 Å². The van der Waals surface area contributed by atoms with Crippen molar-refractivity contribution in [3.8, 4) is 0 Å². The van der Waals surface area contributed by atoms with E-state index in [0.29, 0.717) is 38.3 Å². The number of hydrogen-bond acceptors (Lipinski definition) is 3. The second-order valence-electron chi connectivity index (χ2n) is 4.80. The van der Waals surface area contributed by atoms with Crippen LogP contribution in [0.4, 0.5) is 4.79 Å². The van der Waals surface area contributed by atoms with E-state index in [1.807, 2.05) is 4.90 Å². The van der Waals surface area contributed by atoms with Gasteiger partial charge < -0.3 is 20.7 Å². The third-order valence-corrected chi connectivity index (χ3v) is 3.54. The Balaban J connectivity index is 1.70. The van der Waals surface area contributed by atoms with Gasteiger partial charge in [0.25, 0.3) is 0 Å². The first-order valence-corrected chi connectivity index (χ1v) is 6.06. The van der Waals surface area contributed by atoms with Crippen molar-refractivity contribution in [1.29, 1.82) is 0 Å². The number of hydrogen-bond donors (Lipinski definition) is 2. The Labute approximate surface area is 96.3 Å². The van der Waals surface area contributed by atoms with Crippen molar-refractivity contribution < 1.29 is 9.53 Å². The second-order valence-corrected chi connectivity index (χ2v) is 4.80. The lowest BCUT2D eigenvalue weighted by Gasteiger charge is -2.28. The van der Waals surface area contributed by atoms with Gasteiger partial charge in [0.1, 0.15) is 0 Å². The molecule has 0 bridgehead atoms. The molecule has 0 aromatic rings.